The lowest BCUT2D eigenvalue weighted by Crippen LogP contribution is -2.37. The Balaban J connectivity index is 1.90. The molecule has 0 N–H and O–H groups in total. The number of hydrogen-bond donors (Lipinski definition) is 0. The van der Waals surface area contributed by atoms with E-state index in [0.717, 1.165) is 27.8 Å². The third-order valence-corrected chi connectivity index (χ3v) is 5.55. The van der Waals surface area contributed by atoms with E-state index in [4.69, 9.17) is 18.6 Å². The summed E-state index contributed by atoms with van der Waals surface area (Å²) < 4.78 is 22.4. The molecule has 0 fully saturated rings. The second-order valence-electron chi connectivity index (χ2n) is 7.49. The Bertz CT molecular complexity index is 1130. The van der Waals surface area contributed by atoms with Gasteiger partial charge < -0.3 is 18.6 Å². The highest BCUT2D eigenvalue weighted by Gasteiger charge is 2.25. The fourth-order valence-corrected chi connectivity index (χ4v) is 3.80. The molecule has 1 aromatic heterocycles. The number of fused-ring (bicyclic) bond motifs is 3. The zero-order chi connectivity index (χ0) is 20.7. The van der Waals surface area contributed by atoms with Crippen molar-refractivity contribution in [1.82, 2.24) is 4.90 Å². The van der Waals surface area contributed by atoms with Crippen LogP contribution in [0.4, 0.5) is 0 Å². The third kappa shape index (κ3) is 3.23. The van der Waals surface area contributed by atoms with Crippen molar-refractivity contribution in [3.63, 3.8) is 0 Å². The average molecular weight is 395 g/mol. The van der Waals surface area contributed by atoms with Crippen molar-refractivity contribution in [1.29, 1.82) is 0 Å². The van der Waals surface area contributed by atoms with E-state index < -0.39 is 0 Å². The first-order chi connectivity index (χ1) is 13.9. The van der Waals surface area contributed by atoms with Crippen molar-refractivity contribution < 1.29 is 18.6 Å². The van der Waals surface area contributed by atoms with Crippen molar-refractivity contribution in [3.8, 4) is 28.4 Å². The van der Waals surface area contributed by atoms with Gasteiger partial charge in [-0.1, -0.05) is 6.07 Å². The maximum atomic E-state index is 13.0. The van der Waals surface area contributed by atoms with Gasteiger partial charge >= 0.3 is 5.63 Å². The summed E-state index contributed by atoms with van der Waals surface area (Å²) in [5.41, 5.74) is 3.26. The first-order valence-electron chi connectivity index (χ1n) is 9.63. The Morgan fingerprint density at radius 1 is 1.07 bits per heavy atom. The van der Waals surface area contributed by atoms with Crippen molar-refractivity contribution >= 4 is 11.0 Å². The van der Waals surface area contributed by atoms with Crippen LogP contribution in [0, 0.1) is 6.92 Å². The van der Waals surface area contributed by atoms with Gasteiger partial charge in [0, 0.05) is 18.0 Å². The van der Waals surface area contributed by atoms with Crippen LogP contribution < -0.4 is 19.8 Å². The number of benzene rings is 2. The number of rotatable bonds is 4. The lowest BCUT2D eigenvalue weighted by atomic mass is 9.97. The van der Waals surface area contributed by atoms with Crippen molar-refractivity contribution in [2.45, 2.75) is 33.4 Å². The molecule has 0 aliphatic carbocycles. The molecule has 0 bridgehead atoms. The smallest absolute Gasteiger partial charge is 0.344 e. The van der Waals surface area contributed by atoms with Crippen LogP contribution in [0.5, 0.6) is 17.2 Å². The van der Waals surface area contributed by atoms with Crippen LogP contribution in [0.15, 0.2) is 39.5 Å². The van der Waals surface area contributed by atoms with Crippen molar-refractivity contribution in [3.05, 3.63) is 51.9 Å². The zero-order valence-electron chi connectivity index (χ0n) is 17.4. The second-order valence-corrected chi connectivity index (χ2v) is 7.49. The second kappa shape index (κ2) is 7.44. The molecule has 0 unspecified atom stereocenters. The van der Waals surface area contributed by atoms with E-state index >= 15 is 0 Å². The van der Waals surface area contributed by atoms with Crippen LogP contribution in [0.2, 0.25) is 0 Å². The molecular formula is C23H25NO5. The molecule has 0 saturated heterocycles. The molecule has 6 nitrogen and oxygen atoms in total. The van der Waals surface area contributed by atoms with Crippen LogP contribution in [-0.2, 0) is 6.54 Å². The number of aryl methyl sites for hydroxylation is 1. The molecule has 1 aliphatic heterocycles. The summed E-state index contributed by atoms with van der Waals surface area (Å²) in [6.07, 6.45) is 0. The normalized spacial score (nSPS) is 14.0. The van der Waals surface area contributed by atoms with Crippen LogP contribution in [0.3, 0.4) is 0 Å². The molecule has 2 aromatic carbocycles. The summed E-state index contributed by atoms with van der Waals surface area (Å²) in [4.78, 5) is 15.2. The zero-order valence-corrected chi connectivity index (χ0v) is 17.4. The minimum Gasteiger partial charge on any atom is -0.493 e. The molecule has 6 heteroatoms. The average Bonchev–Trinajstić information content (AvgIpc) is 2.73. The molecule has 29 heavy (non-hydrogen) atoms. The summed E-state index contributed by atoms with van der Waals surface area (Å²) in [5.74, 6) is 1.95. The van der Waals surface area contributed by atoms with E-state index in [1.807, 2.05) is 25.1 Å². The van der Waals surface area contributed by atoms with Gasteiger partial charge in [0.25, 0.3) is 0 Å². The van der Waals surface area contributed by atoms with E-state index in [-0.39, 0.29) is 5.63 Å². The molecule has 0 radical (unpaired) electrons. The molecule has 2 heterocycles. The van der Waals surface area contributed by atoms with Crippen LogP contribution in [0.25, 0.3) is 22.1 Å². The van der Waals surface area contributed by atoms with Crippen LogP contribution in [-0.4, -0.2) is 31.9 Å². The lowest BCUT2D eigenvalue weighted by molar-refractivity contribution is 0.0689. The van der Waals surface area contributed by atoms with E-state index in [9.17, 15) is 4.79 Å². The van der Waals surface area contributed by atoms with Gasteiger partial charge in [0.2, 0.25) is 0 Å². The highest BCUT2D eigenvalue weighted by Crippen LogP contribution is 2.37. The van der Waals surface area contributed by atoms with Gasteiger partial charge in [0.05, 0.1) is 25.3 Å². The molecule has 1 aliphatic rings. The number of methoxy groups -OCH3 is 2. The third-order valence-electron chi connectivity index (χ3n) is 5.55. The molecule has 0 saturated carbocycles. The summed E-state index contributed by atoms with van der Waals surface area (Å²) in [5, 5.41) is 0.905. The molecule has 0 atom stereocenters. The highest BCUT2D eigenvalue weighted by atomic mass is 16.5. The predicted molar refractivity (Wildman–Crippen MR) is 112 cm³/mol. The Kier molecular flexibility index (Phi) is 4.96. The summed E-state index contributed by atoms with van der Waals surface area (Å²) in [6, 6.07) is 9.68. The fraction of sp³-hybridized carbons (Fsp3) is 0.348. The fourth-order valence-electron chi connectivity index (χ4n) is 3.80. The topological polar surface area (TPSA) is 61.1 Å². The summed E-state index contributed by atoms with van der Waals surface area (Å²) in [7, 11) is 3.16. The maximum Gasteiger partial charge on any atom is 0.344 e. The Labute approximate surface area is 169 Å². The van der Waals surface area contributed by atoms with Crippen molar-refractivity contribution in [2.75, 3.05) is 21.0 Å². The van der Waals surface area contributed by atoms with Gasteiger partial charge in [-0.15, -0.1) is 0 Å². The van der Waals surface area contributed by atoms with Gasteiger partial charge in [0.1, 0.15) is 18.1 Å². The number of hydrogen-bond acceptors (Lipinski definition) is 6. The largest absolute Gasteiger partial charge is 0.493 e. The van der Waals surface area contributed by atoms with E-state index in [1.54, 1.807) is 26.4 Å². The molecule has 4 rings (SSSR count). The van der Waals surface area contributed by atoms with E-state index in [2.05, 4.69) is 18.7 Å². The predicted octanol–water partition coefficient (Wildman–Crippen LogP) is 4.35. The van der Waals surface area contributed by atoms with Gasteiger partial charge in [0.15, 0.2) is 11.5 Å². The van der Waals surface area contributed by atoms with Gasteiger partial charge in [-0.3, -0.25) is 4.90 Å². The molecule has 3 aromatic rings. The van der Waals surface area contributed by atoms with Gasteiger partial charge in [-0.25, -0.2) is 4.79 Å². The first kappa shape index (κ1) is 19.3. The number of ether oxygens (including phenoxy) is 3. The lowest BCUT2D eigenvalue weighted by Gasteiger charge is -2.32. The minimum atomic E-state index is -0.378. The Hall–Kier alpha value is -2.99. The Morgan fingerprint density at radius 3 is 2.52 bits per heavy atom. The van der Waals surface area contributed by atoms with Crippen molar-refractivity contribution in [2.24, 2.45) is 0 Å². The SMILES string of the molecule is COc1ccc(-c2c(C)c3ccc4c(c3oc2=O)CN(C(C)C)CO4)cc1OC. The Morgan fingerprint density at radius 2 is 1.83 bits per heavy atom. The van der Waals surface area contributed by atoms with Gasteiger partial charge in [-0.2, -0.15) is 0 Å². The molecule has 152 valence electrons. The highest BCUT2D eigenvalue weighted by molar-refractivity contribution is 5.90. The van der Waals surface area contributed by atoms with E-state index in [0.29, 0.717) is 42.0 Å². The maximum absolute atomic E-state index is 13.0. The summed E-state index contributed by atoms with van der Waals surface area (Å²) in [6.45, 7) is 7.40. The standard InChI is InChI=1S/C23H25NO5/c1-13(2)24-11-17-18(28-12-24)9-7-16-14(3)21(23(25)29-22(16)17)15-6-8-19(26-4)20(10-15)27-5/h6-10,13H,11-12H2,1-5H3. The monoisotopic (exact) mass is 395 g/mol. The minimum absolute atomic E-state index is 0.331. The summed E-state index contributed by atoms with van der Waals surface area (Å²) >= 11 is 0. The number of nitrogens with zero attached hydrogens (tertiary/aromatic N) is 1. The van der Waals surface area contributed by atoms with Crippen LogP contribution >= 0.6 is 0 Å². The molecule has 0 amide bonds. The molecular weight excluding hydrogens is 370 g/mol. The molecule has 0 spiro atoms. The quantitative estimate of drug-likeness (QED) is 0.612. The van der Waals surface area contributed by atoms with Crippen LogP contribution in [0.1, 0.15) is 25.0 Å². The van der Waals surface area contributed by atoms with Gasteiger partial charge in [-0.05, 0) is 56.2 Å². The first-order valence-corrected chi connectivity index (χ1v) is 9.63. The van der Waals surface area contributed by atoms with E-state index in [1.165, 1.54) is 0 Å².